The van der Waals surface area contributed by atoms with Crippen molar-refractivity contribution in [3.05, 3.63) is 58.1 Å². The van der Waals surface area contributed by atoms with E-state index in [-0.39, 0.29) is 16.8 Å². The highest BCUT2D eigenvalue weighted by molar-refractivity contribution is 5.96. The van der Waals surface area contributed by atoms with Gasteiger partial charge in [-0.05, 0) is 43.6 Å². The van der Waals surface area contributed by atoms with Crippen LogP contribution in [0.3, 0.4) is 0 Å². The summed E-state index contributed by atoms with van der Waals surface area (Å²) in [5.41, 5.74) is 2.01. The van der Waals surface area contributed by atoms with Crippen LogP contribution >= 0.6 is 0 Å². The minimum absolute atomic E-state index is 0.205. The van der Waals surface area contributed by atoms with Crippen LogP contribution in [0.25, 0.3) is 16.9 Å². The largest absolute Gasteiger partial charge is 0.465 e. The lowest BCUT2D eigenvalue weighted by molar-refractivity contribution is 0.0600. The molecule has 0 unspecified atom stereocenters. The molecule has 1 saturated heterocycles. The summed E-state index contributed by atoms with van der Waals surface area (Å²) in [5.74, 6) is -0.566. The zero-order valence-electron chi connectivity index (χ0n) is 15.6. The molecular formula is C20H22N4O4. The number of esters is 1. The Bertz CT molecular complexity index is 1000. The number of carbonyl (C=O) groups is 1. The summed E-state index contributed by atoms with van der Waals surface area (Å²) in [6, 6.07) is 7.41. The number of nitrogens with zero attached hydrogens (tertiary/aromatic N) is 3. The third kappa shape index (κ3) is 3.44. The molecule has 1 aromatic rings. The average molecular weight is 382 g/mol. The predicted octanol–water partition coefficient (Wildman–Crippen LogP) is 1.58. The van der Waals surface area contributed by atoms with Gasteiger partial charge in [0.1, 0.15) is 11.3 Å². The van der Waals surface area contributed by atoms with Crippen molar-refractivity contribution in [3.63, 3.8) is 0 Å². The molecule has 8 nitrogen and oxygen atoms in total. The number of methoxy groups -OCH3 is 1. The molecule has 1 aromatic carbocycles. The van der Waals surface area contributed by atoms with Gasteiger partial charge < -0.3 is 19.3 Å². The van der Waals surface area contributed by atoms with Gasteiger partial charge in [0.05, 0.1) is 18.8 Å². The standard InChI is InChI=1S/C20H22N4O4/c1-28-20(27)16-11-24(10-15-18(16)21-22-19(15)26)14-6-4-13(5-7-14)17(25)12-23-8-2-3-9-23/h4-7,10-11,17,25H,2-3,8-9,12H2,1H3,(H,22,26)/t17-/m0/s1. The Morgan fingerprint density at radius 1 is 1.25 bits per heavy atom. The molecule has 0 radical (unpaired) electrons. The van der Waals surface area contributed by atoms with E-state index in [1.807, 2.05) is 24.3 Å². The number of carbonyl (C=O) groups excluding carboxylic acids is 1. The molecule has 0 aliphatic carbocycles. The van der Waals surface area contributed by atoms with Crippen molar-refractivity contribution in [1.82, 2.24) is 19.7 Å². The fourth-order valence-electron chi connectivity index (χ4n) is 3.63. The Hall–Kier alpha value is -2.97. The molecule has 0 bridgehead atoms. The third-order valence-corrected chi connectivity index (χ3v) is 5.17. The summed E-state index contributed by atoms with van der Waals surface area (Å²) in [5, 5.41) is 16.8. The number of β-amino-alcohol motifs (C(OH)–C–C–N with tert-alkyl or cyclic N) is 1. The van der Waals surface area contributed by atoms with Crippen LogP contribution in [0.5, 0.6) is 0 Å². The molecule has 1 atom stereocenters. The molecule has 28 heavy (non-hydrogen) atoms. The first-order valence-corrected chi connectivity index (χ1v) is 9.26. The van der Waals surface area contributed by atoms with Gasteiger partial charge in [-0.25, -0.2) is 9.89 Å². The van der Waals surface area contributed by atoms with Crippen molar-refractivity contribution >= 4 is 5.97 Å². The van der Waals surface area contributed by atoms with Gasteiger partial charge in [-0.2, -0.15) is 5.10 Å². The summed E-state index contributed by atoms with van der Waals surface area (Å²) < 4.78 is 6.50. The second kappa shape index (κ2) is 7.57. The van der Waals surface area contributed by atoms with E-state index in [4.69, 9.17) is 4.74 Å². The first kappa shape index (κ1) is 18.4. The van der Waals surface area contributed by atoms with Crippen LogP contribution in [0.4, 0.5) is 0 Å². The van der Waals surface area contributed by atoms with Crippen LogP contribution in [-0.4, -0.2) is 57.5 Å². The Balaban J connectivity index is 1.64. The molecule has 4 rings (SSSR count). The van der Waals surface area contributed by atoms with Crippen molar-refractivity contribution in [3.8, 4) is 16.9 Å². The molecule has 146 valence electrons. The van der Waals surface area contributed by atoms with E-state index in [1.165, 1.54) is 20.0 Å². The number of aromatic amines is 1. The molecule has 0 saturated carbocycles. The quantitative estimate of drug-likeness (QED) is 0.650. The normalized spacial score (nSPS) is 15.8. The lowest BCUT2D eigenvalue weighted by Crippen LogP contribution is -2.25. The van der Waals surface area contributed by atoms with Crippen LogP contribution in [-0.2, 0) is 4.74 Å². The molecule has 3 aliphatic heterocycles. The summed E-state index contributed by atoms with van der Waals surface area (Å²) >= 11 is 0. The number of fused-ring (bicyclic) bond motifs is 1. The number of rotatable bonds is 5. The Morgan fingerprint density at radius 3 is 2.64 bits per heavy atom. The number of hydrogen-bond acceptors (Lipinski definition) is 6. The summed E-state index contributed by atoms with van der Waals surface area (Å²) in [6.45, 7) is 2.69. The molecular weight excluding hydrogens is 360 g/mol. The maximum absolute atomic E-state index is 12.1. The van der Waals surface area contributed by atoms with Gasteiger partial charge in [-0.15, -0.1) is 0 Å². The van der Waals surface area contributed by atoms with Crippen molar-refractivity contribution in [2.75, 3.05) is 26.7 Å². The summed E-state index contributed by atoms with van der Waals surface area (Å²) in [7, 11) is 1.28. The van der Waals surface area contributed by atoms with E-state index in [0.717, 1.165) is 24.3 Å². The van der Waals surface area contributed by atoms with Crippen LogP contribution in [0.15, 0.2) is 41.5 Å². The number of aliphatic hydroxyl groups excluding tert-OH is 1. The summed E-state index contributed by atoms with van der Waals surface area (Å²) in [4.78, 5) is 26.4. The van der Waals surface area contributed by atoms with Crippen LogP contribution in [0.2, 0.25) is 0 Å². The van der Waals surface area contributed by atoms with Crippen LogP contribution in [0.1, 0.15) is 34.9 Å². The topological polar surface area (TPSA) is 100 Å². The minimum Gasteiger partial charge on any atom is -0.465 e. The third-order valence-electron chi connectivity index (χ3n) is 5.17. The molecule has 3 heterocycles. The number of aromatic nitrogens is 3. The number of hydrogen-bond donors (Lipinski definition) is 2. The second-order valence-corrected chi connectivity index (χ2v) is 7.00. The molecule has 1 fully saturated rings. The number of ether oxygens (including phenoxy) is 1. The number of H-pyrrole nitrogens is 1. The molecule has 8 heteroatoms. The van der Waals surface area contributed by atoms with Crippen molar-refractivity contribution < 1.29 is 14.6 Å². The second-order valence-electron chi connectivity index (χ2n) is 7.00. The first-order valence-electron chi connectivity index (χ1n) is 9.26. The average Bonchev–Trinajstić information content (AvgIpc) is 3.37. The lowest BCUT2D eigenvalue weighted by Gasteiger charge is -2.20. The smallest absolute Gasteiger partial charge is 0.341 e. The van der Waals surface area contributed by atoms with E-state index in [9.17, 15) is 14.7 Å². The highest BCUT2D eigenvalue weighted by Crippen LogP contribution is 2.24. The van der Waals surface area contributed by atoms with Gasteiger partial charge in [-0.3, -0.25) is 4.79 Å². The fraction of sp³-hybridized carbons (Fsp3) is 0.350. The Morgan fingerprint density at radius 2 is 1.96 bits per heavy atom. The van der Waals surface area contributed by atoms with Crippen molar-refractivity contribution in [2.24, 2.45) is 0 Å². The van der Waals surface area contributed by atoms with Gasteiger partial charge in [0.25, 0.3) is 5.56 Å². The van der Waals surface area contributed by atoms with E-state index in [0.29, 0.717) is 12.1 Å². The number of benzene rings is 1. The lowest BCUT2D eigenvalue weighted by atomic mass is 10.1. The van der Waals surface area contributed by atoms with Gasteiger partial charge in [0.2, 0.25) is 0 Å². The van der Waals surface area contributed by atoms with E-state index in [1.54, 1.807) is 17.0 Å². The van der Waals surface area contributed by atoms with Crippen LogP contribution < -0.4 is 5.56 Å². The first-order chi connectivity index (χ1) is 13.6. The maximum atomic E-state index is 12.1. The highest BCUT2D eigenvalue weighted by Gasteiger charge is 2.22. The molecule has 0 aromatic heterocycles. The van der Waals surface area contributed by atoms with E-state index >= 15 is 0 Å². The van der Waals surface area contributed by atoms with Gasteiger partial charge in [0, 0.05) is 24.6 Å². The number of likely N-dealkylation sites (tertiary alicyclic amines) is 1. The van der Waals surface area contributed by atoms with Gasteiger partial charge in [0.15, 0.2) is 0 Å². The van der Waals surface area contributed by atoms with Crippen molar-refractivity contribution in [2.45, 2.75) is 18.9 Å². The van der Waals surface area contributed by atoms with Crippen molar-refractivity contribution in [1.29, 1.82) is 0 Å². The van der Waals surface area contributed by atoms with Crippen LogP contribution in [0, 0.1) is 0 Å². The predicted molar refractivity (Wildman–Crippen MR) is 103 cm³/mol. The number of aliphatic hydroxyl groups is 1. The fourth-order valence-corrected chi connectivity index (χ4v) is 3.63. The number of pyridine rings is 1. The Labute approximate surface area is 161 Å². The molecule has 2 N–H and O–H groups in total. The zero-order chi connectivity index (χ0) is 19.7. The van der Waals surface area contributed by atoms with Gasteiger partial charge in [-0.1, -0.05) is 12.1 Å². The summed E-state index contributed by atoms with van der Waals surface area (Å²) in [6.07, 6.45) is 5.03. The zero-order valence-corrected chi connectivity index (χ0v) is 15.6. The van der Waals surface area contributed by atoms with E-state index in [2.05, 4.69) is 15.1 Å². The number of nitrogens with one attached hydrogen (secondary N) is 1. The van der Waals surface area contributed by atoms with E-state index < -0.39 is 12.1 Å². The highest BCUT2D eigenvalue weighted by atomic mass is 16.5. The van der Waals surface area contributed by atoms with Gasteiger partial charge >= 0.3 is 5.97 Å². The molecule has 0 spiro atoms. The minimum atomic E-state index is -0.566. The monoisotopic (exact) mass is 382 g/mol. The maximum Gasteiger partial charge on any atom is 0.341 e. The molecule has 3 aliphatic rings. The Kier molecular flexibility index (Phi) is 4.97. The SMILES string of the molecule is COC(=O)c1cn(-c2ccc([C@@H](O)CN3CCCC3)cc2)cc2c(=O)[nH]nc1-2. The molecule has 0 amide bonds.